The Morgan fingerprint density at radius 2 is 1.72 bits per heavy atom. The lowest BCUT2D eigenvalue weighted by molar-refractivity contribution is 0.564. The van der Waals surface area contributed by atoms with Gasteiger partial charge >= 0.3 is 0 Å². The monoisotopic (exact) mass is 243 g/mol. The molecule has 0 fully saturated rings. The van der Waals surface area contributed by atoms with Crippen LogP contribution in [-0.2, 0) is 6.42 Å². The predicted octanol–water partition coefficient (Wildman–Crippen LogP) is 3.77. The molecule has 2 heteroatoms. The van der Waals surface area contributed by atoms with E-state index in [-0.39, 0.29) is 11.9 Å². The first-order valence-corrected chi connectivity index (χ1v) is 6.22. The fourth-order valence-corrected chi connectivity index (χ4v) is 2.01. The van der Waals surface area contributed by atoms with Gasteiger partial charge in [-0.25, -0.2) is 4.39 Å². The van der Waals surface area contributed by atoms with Gasteiger partial charge in [-0.1, -0.05) is 48.0 Å². The molecule has 0 heterocycles. The van der Waals surface area contributed by atoms with Crippen LogP contribution in [0.25, 0.3) is 0 Å². The largest absolute Gasteiger partial charge is 0.324 e. The van der Waals surface area contributed by atoms with E-state index >= 15 is 0 Å². The second-order valence-corrected chi connectivity index (χ2v) is 4.65. The molecular weight excluding hydrogens is 225 g/mol. The summed E-state index contributed by atoms with van der Waals surface area (Å²) < 4.78 is 13.5. The van der Waals surface area contributed by atoms with E-state index in [0.717, 1.165) is 12.8 Å². The lowest BCUT2D eigenvalue weighted by Crippen LogP contribution is -2.13. The molecule has 2 aromatic rings. The predicted molar refractivity (Wildman–Crippen MR) is 72.8 cm³/mol. The third-order valence-corrected chi connectivity index (χ3v) is 3.17. The minimum absolute atomic E-state index is 0.214. The van der Waals surface area contributed by atoms with Gasteiger partial charge in [0.25, 0.3) is 0 Å². The van der Waals surface area contributed by atoms with Crippen LogP contribution in [0.15, 0.2) is 48.5 Å². The fraction of sp³-hybridized carbons (Fsp3) is 0.250. The van der Waals surface area contributed by atoms with Gasteiger partial charge in [0, 0.05) is 11.6 Å². The summed E-state index contributed by atoms with van der Waals surface area (Å²) in [6.07, 6.45) is 1.62. The van der Waals surface area contributed by atoms with Gasteiger partial charge < -0.3 is 5.73 Å². The van der Waals surface area contributed by atoms with Gasteiger partial charge in [-0.15, -0.1) is 0 Å². The number of hydrogen-bond donors (Lipinski definition) is 1. The summed E-state index contributed by atoms with van der Waals surface area (Å²) in [5.74, 6) is -0.214. The maximum absolute atomic E-state index is 13.5. The van der Waals surface area contributed by atoms with Crippen LogP contribution in [0, 0.1) is 12.7 Å². The Bertz CT molecular complexity index is 505. The average molecular weight is 243 g/mol. The van der Waals surface area contributed by atoms with Crippen LogP contribution in [0.5, 0.6) is 0 Å². The van der Waals surface area contributed by atoms with Crippen LogP contribution < -0.4 is 5.73 Å². The molecule has 2 N–H and O–H groups in total. The van der Waals surface area contributed by atoms with Crippen LogP contribution >= 0.6 is 0 Å². The Balaban J connectivity index is 1.98. The zero-order chi connectivity index (χ0) is 13.0. The first-order chi connectivity index (χ1) is 8.66. The van der Waals surface area contributed by atoms with Crippen molar-refractivity contribution in [3.05, 3.63) is 71.0 Å². The molecule has 0 aliphatic rings. The Morgan fingerprint density at radius 3 is 2.39 bits per heavy atom. The smallest absolute Gasteiger partial charge is 0.127 e. The number of hydrogen-bond acceptors (Lipinski definition) is 1. The van der Waals surface area contributed by atoms with Crippen LogP contribution in [0.4, 0.5) is 4.39 Å². The molecule has 18 heavy (non-hydrogen) atoms. The molecule has 1 nitrogen and oxygen atoms in total. The van der Waals surface area contributed by atoms with Gasteiger partial charge in [0.2, 0.25) is 0 Å². The van der Waals surface area contributed by atoms with E-state index in [2.05, 4.69) is 31.2 Å². The van der Waals surface area contributed by atoms with Crippen molar-refractivity contribution >= 4 is 0 Å². The van der Waals surface area contributed by atoms with Gasteiger partial charge in [-0.2, -0.15) is 0 Å². The topological polar surface area (TPSA) is 26.0 Å². The van der Waals surface area contributed by atoms with Crippen molar-refractivity contribution in [3.63, 3.8) is 0 Å². The summed E-state index contributed by atoms with van der Waals surface area (Å²) in [4.78, 5) is 0. The summed E-state index contributed by atoms with van der Waals surface area (Å²) in [6.45, 7) is 2.06. The van der Waals surface area contributed by atoms with Gasteiger partial charge in [0.1, 0.15) is 5.82 Å². The normalized spacial score (nSPS) is 12.4. The van der Waals surface area contributed by atoms with E-state index in [0.29, 0.717) is 5.56 Å². The van der Waals surface area contributed by atoms with E-state index in [9.17, 15) is 4.39 Å². The van der Waals surface area contributed by atoms with Crippen molar-refractivity contribution in [2.45, 2.75) is 25.8 Å². The first-order valence-electron chi connectivity index (χ1n) is 6.22. The highest BCUT2D eigenvalue weighted by atomic mass is 19.1. The van der Waals surface area contributed by atoms with E-state index < -0.39 is 0 Å². The molecule has 2 aromatic carbocycles. The molecule has 0 amide bonds. The minimum atomic E-state index is -0.243. The van der Waals surface area contributed by atoms with Gasteiger partial charge in [-0.3, -0.25) is 0 Å². The standard InChI is InChI=1S/C16H18FN/c1-12-6-8-13(9-7-12)10-11-16(18)14-4-2-3-5-15(14)17/h2-9,16H,10-11,18H2,1H3. The molecule has 1 atom stereocenters. The molecule has 0 saturated carbocycles. The maximum atomic E-state index is 13.5. The fourth-order valence-electron chi connectivity index (χ4n) is 2.01. The summed E-state index contributed by atoms with van der Waals surface area (Å²) in [6, 6.07) is 14.9. The summed E-state index contributed by atoms with van der Waals surface area (Å²) >= 11 is 0. The second kappa shape index (κ2) is 5.78. The molecule has 0 aliphatic carbocycles. The summed E-state index contributed by atoms with van der Waals surface area (Å²) in [5.41, 5.74) is 9.13. The molecular formula is C16H18FN. The van der Waals surface area contributed by atoms with Crippen molar-refractivity contribution in [3.8, 4) is 0 Å². The van der Waals surface area contributed by atoms with E-state index in [1.165, 1.54) is 17.2 Å². The maximum Gasteiger partial charge on any atom is 0.127 e. The Hall–Kier alpha value is -1.67. The molecule has 0 bridgehead atoms. The van der Waals surface area contributed by atoms with E-state index in [4.69, 9.17) is 5.73 Å². The third kappa shape index (κ3) is 3.17. The van der Waals surface area contributed by atoms with Crippen molar-refractivity contribution in [2.24, 2.45) is 5.73 Å². The van der Waals surface area contributed by atoms with Gasteiger partial charge in [0.05, 0.1) is 0 Å². The SMILES string of the molecule is Cc1ccc(CCC(N)c2ccccc2F)cc1. The van der Waals surface area contributed by atoms with Crippen molar-refractivity contribution in [2.75, 3.05) is 0 Å². The highest BCUT2D eigenvalue weighted by molar-refractivity contribution is 5.23. The van der Waals surface area contributed by atoms with Crippen molar-refractivity contribution in [1.29, 1.82) is 0 Å². The Labute approximate surface area is 107 Å². The summed E-state index contributed by atoms with van der Waals surface area (Å²) in [5, 5.41) is 0. The van der Waals surface area contributed by atoms with Crippen molar-refractivity contribution < 1.29 is 4.39 Å². The van der Waals surface area contributed by atoms with Gasteiger partial charge in [-0.05, 0) is 31.4 Å². The molecule has 0 aliphatic heterocycles. The quantitative estimate of drug-likeness (QED) is 0.869. The Morgan fingerprint density at radius 1 is 1.06 bits per heavy atom. The lowest BCUT2D eigenvalue weighted by atomic mass is 9.99. The van der Waals surface area contributed by atoms with Crippen LogP contribution in [0.1, 0.15) is 29.2 Å². The first kappa shape index (κ1) is 12.8. The highest BCUT2D eigenvalue weighted by Crippen LogP contribution is 2.19. The summed E-state index contributed by atoms with van der Waals surface area (Å²) in [7, 11) is 0. The third-order valence-electron chi connectivity index (χ3n) is 3.17. The Kier molecular flexibility index (Phi) is 4.11. The molecule has 94 valence electrons. The zero-order valence-corrected chi connectivity index (χ0v) is 10.6. The second-order valence-electron chi connectivity index (χ2n) is 4.65. The number of benzene rings is 2. The number of aryl methyl sites for hydroxylation is 2. The average Bonchev–Trinajstić information content (AvgIpc) is 2.38. The molecule has 1 unspecified atom stereocenters. The molecule has 0 aromatic heterocycles. The zero-order valence-electron chi connectivity index (χ0n) is 10.6. The van der Waals surface area contributed by atoms with Gasteiger partial charge in [0.15, 0.2) is 0 Å². The molecule has 2 rings (SSSR count). The molecule has 0 spiro atoms. The highest BCUT2D eigenvalue weighted by Gasteiger charge is 2.10. The van der Waals surface area contributed by atoms with E-state index in [1.807, 2.05) is 6.07 Å². The van der Waals surface area contributed by atoms with Crippen LogP contribution in [0.2, 0.25) is 0 Å². The molecule has 0 saturated heterocycles. The number of halogens is 1. The van der Waals surface area contributed by atoms with Crippen molar-refractivity contribution in [1.82, 2.24) is 0 Å². The number of nitrogens with two attached hydrogens (primary N) is 1. The lowest BCUT2D eigenvalue weighted by Gasteiger charge is -2.12. The minimum Gasteiger partial charge on any atom is -0.324 e. The molecule has 0 radical (unpaired) electrons. The number of rotatable bonds is 4. The van der Waals surface area contributed by atoms with E-state index in [1.54, 1.807) is 12.1 Å². The van der Waals surface area contributed by atoms with Crippen LogP contribution in [0.3, 0.4) is 0 Å². The van der Waals surface area contributed by atoms with Crippen LogP contribution in [-0.4, -0.2) is 0 Å².